The van der Waals surface area contributed by atoms with Gasteiger partial charge in [0.2, 0.25) is 0 Å². The van der Waals surface area contributed by atoms with Crippen LogP contribution in [0.4, 0.5) is 5.82 Å². The van der Waals surface area contributed by atoms with Crippen LogP contribution in [-0.2, 0) is 6.54 Å². The zero-order chi connectivity index (χ0) is 15.4. The Balaban J connectivity index is 1.67. The quantitative estimate of drug-likeness (QED) is 0.752. The number of aryl methyl sites for hydroxylation is 1. The topological polar surface area (TPSA) is 81.7 Å². The van der Waals surface area contributed by atoms with E-state index in [4.69, 9.17) is 4.52 Å². The van der Waals surface area contributed by atoms with Gasteiger partial charge in [-0.1, -0.05) is 12.1 Å². The van der Waals surface area contributed by atoms with E-state index in [9.17, 15) is 0 Å². The molecule has 0 aliphatic carbocycles. The Morgan fingerprint density at radius 1 is 1.32 bits per heavy atom. The van der Waals surface area contributed by atoms with Gasteiger partial charge in [-0.05, 0) is 31.0 Å². The highest BCUT2D eigenvalue weighted by atomic mass is 16.5. The summed E-state index contributed by atoms with van der Waals surface area (Å²) in [6, 6.07) is 5.70. The first-order valence-electron chi connectivity index (χ1n) is 7.19. The van der Waals surface area contributed by atoms with Crippen LogP contribution in [0.5, 0.6) is 0 Å². The van der Waals surface area contributed by atoms with Gasteiger partial charge in [0, 0.05) is 31.7 Å². The standard InChI is InChI=1S/C15H18N6O/c1-11(10-21-8-4-7-18-21)9-17-14-13(5-3-6-16-14)15-19-12(2)20-22-15/h3-8,11H,9-10H2,1-2H3,(H,16,17)/t11-/m0/s1. The summed E-state index contributed by atoms with van der Waals surface area (Å²) < 4.78 is 7.15. The minimum Gasteiger partial charge on any atom is -0.369 e. The second-order valence-corrected chi connectivity index (χ2v) is 5.26. The normalized spacial score (nSPS) is 12.3. The molecule has 0 bridgehead atoms. The molecular weight excluding hydrogens is 280 g/mol. The Morgan fingerprint density at radius 3 is 2.95 bits per heavy atom. The number of anilines is 1. The van der Waals surface area contributed by atoms with Crippen LogP contribution in [0.3, 0.4) is 0 Å². The van der Waals surface area contributed by atoms with E-state index in [2.05, 4.69) is 32.5 Å². The number of nitrogens with one attached hydrogen (secondary N) is 1. The maximum absolute atomic E-state index is 5.23. The van der Waals surface area contributed by atoms with Crippen molar-refractivity contribution < 1.29 is 4.52 Å². The Kier molecular flexibility index (Phi) is 4.13. The molecule has 7 heteroatoms. The highest BCUT2D eigenvalue weighted by Gasteiger charge is 2.13. The van der Waals surface area contributed by atoms with Crippen LogP contribution in [0.15, 0.2) is 41.3 Å². The van der Waals surface area contributed by atoms with Gasteiger partial charge in [-0.25, -0.2) is 4.98 Å². The molecule has 3 heterocycles. The highest BCUT2D eigenvalue weighted by molar-refractivity contribution is 5.68. The van der Waals surface area contributed by atoms with Crippen LogP contribution >= 0.6 is 0 Å². The van der Waals surface area contributed by atoms with E-state index in [0.717, 1.165) is 24.5 Å². The van der Waals surface area contributed by atoms with Crippen molar-refractivity contribution in [3.63, 3.8) is 0 Å². The number of hydrogen-bond donors (Lipinski definition) is 1. The fourth-order valence-corrected chi connectivity index (χ4v) is 2.19. The molecule has 114 valence electrons. The van der Waals surface area contributed by atoms with E-state index in [-0.39, 0.29) is 0 Å². The van der Waals surface area contributed by atoms with Gasteiger partial charge in [0.05, 0.1) is 5.56 Å². The summed E-state index contributed by atoms with van der Waals surface area (Å²) >= 11 is 0. The number of rotatable bonds is 6. The fourth-order valence-electron chi connectivity index (χ4n) is 2.19. The predicted molar refractivity (Wildman–Crippen MR) is 82.1 cm³/mol. The van der Waals surface area contributed by atoms with Crippen molar-refractivity contribution in [2.75, 3.05) is 11.9 Å². The summed E-state index contributed by atoms with van der Waals surface area (Å²) in [5.74, 6) is 2.24. The first kappa shape index (κ1) is 14.2. The smallest absolute Gasteiger partial charge is 0.261 e. The molecule has 0 spiro atoms. The summed E-state index contributed by atoms with van der Waals surface area (Å²) in [7, 11) is 0. The van der Waals surface area contributed by atoms with E-state index in [1.165, 1.54) is 0 Å². The van der Waals surface area contributed by atoms with Crippen molar-refractivity contribution in [1.29, 1.82) is 0 Å². The lowest BCUT2D eigenvalue weighted by Crippen LogP contribution is -2.18. The number of pyridine rings is 1. The van der Waals surface area contributed by atoms with Gasteiger partial charge in [-0.15, -0.1) is 0 Å². The molecule has 0 fully saturated rings. The molecule has 0 amide bonds. The Bertz CT molecular complexity index is 721. The van der Waals surface area contributed by atoms with Crippen molar-refractivity contribution in [1.82, 2.24) is 24.9 Å². The van der Waals surface area contributed by atoms with Crippen LogP contribution < -0.4 is 5.32 Å². The average molecular weight is 298 g/mol. The molecule has 7 nitrogen and oxygen atoms in total. The molecule has 0 aliphatic rings. The van der Waals surface area contributed by atoms with Gasteiger partial charge in [0.15, 0.2) is 5.82 Å². The molecule has 0 saturated heterocycles. The average Bonchev–Trinajstić information content (AvgIpc) is 3.17. The predicted octanol–water partition coefficient (Wildman–Crippen LogP) is 2.38. The number of aromatic nitrogens is 5. The zero-order valence-electron chi connectivity index (χ0n) is 12.6. The molecular formula is C15H18N6O. The van der Waals surface area contributed by atoms with E-state index in [1.54, 1.807) is 19.3 Å². The minimum atomic E-state index is 0.402. The van der Waals surface area contributed by atoms with E-state index >= 15 is 0 Å². The SMILES string of the molecule is Cc1noc(-c2cccnc2NC[C@H](C)Cn2cccn2)n1. The molecule has 3 rings (SSSR count). The third-order valence-electron chi connectivity index (χ3n) is 3.24. The lowest BCUT2D eigenvalue weighted by molar-refractivity contribution is 0.425. The Hall–Kier alpha value is -2.70. The Labute approximate surface area is 128 Å². The molecule has 22 heavy (non-hydrogen) atoms. The maximum atomic E-state index is 5.23. The largest absolute Gasteiger partial charge is 0.369 e. The van der Waals surface area contributed by atoms with E-state index in [1.807, 2.05) is 29.1 Å². The summed E-state index contributed by atoms with van der Waals surface area (Å²) in [6.45, 7) is 5.58. The molecule has 3 aromatic heterocycles. The van der Waals surface area contributed by atoms with Crippen LogP contribution in [0.1, 0.15) is 12.7 Å². The van der Waals surface area contributed by atoms with Gasteiger partial charge >= 0.3 is 0 Å². The van der Waals surface area contributed by atoms with Gasteiger partial charge in [-0.3, -0.25) is 4.68 Å². The van der Waals surface area contributed by atoms with Crippen LogP contribution in [-0.4, -0.2) is 31.4 Å². The summed E-state index contributed by atoms with van der Waals surface area (Å²) in [5.41, 5.74) is 0.814. The summed E-state index contributed by atoms with van der Waals surface area (Å²) in [6.07, 6.45) is 5.49. The van der Waals surface area contributed by atoms with Crippen molar-refractivity contribution >= 4 is 5.82 Å². The first-order valence-corrected chi connectivity index (χ1v) is 7.19. The van der Waals surface area contributed by atoms with Gasteiger partial charge in [-0.2, -0.15) is 10.1 Å². The molecule has 1 atom stereocenters. The first-order chi connectivity index (χ1) is 10.7. The zero-order valence-corrected chi connectivity index (χ0v) is 12.6. The van der Waals surface area contributed by atoms with Gasteiger partial charge < -0.3 is 9.84 Å². The lowest BCUT2D eigenvalue weighted by Gasteiger charge is -2.14. The molecule has 0 saturated carbocycles. The van der Waals surface area contributed by atoms with Crippen LogP contribution in [0, 0.1) is 12.8 Å². The number of nitrogens with zero attached hydrogens (tertiary/aromatic N) is 5. The van der Waals surface area contributed by atoms with Crippen LogP contribution in [0.25, 0.3) is 11.5 Å². The molecule has 0 unspecified atom stereocenters. The fraction of sp³-hybridized carbons (Fsp3) is 0.333. The van der Waals surface area contributed by atoms with Gasteiger partial charge in [0.1, 0.15) is 5.82 Å². The molecule has 0 aliphatic heterocycles. The van der Waals surface area contributed by atoms with Crippen molar-refractivity contribution in [2.45, 2.75) is 20.4 Å². The second-order valence-electron chi connectivity index (χ2n) is 5.26. The van der Waals surface area contributed by atoms with E-state index in [0.29, 0.717) is 17.6 Å². The van der Waals surface area contributed by atoms with Crippen LogP contribution in [0.2, 0.25) is 0 Å². The summed E-state index contributed by atoms with van der Waals surface area (Å²) in [5, 5.41) is 11.4. The Morgan fingerprint density at radius 2 is 2.23 bits per heavy atom. The molecule has 3 aromatic rings. The molecule has 0 radical (unpaired) electrons. The minimum absolute atomic E-state index is 0.402. The highest BCUT2D eigenvalue weighted by Crippen LogP contribution is 2.24. The maximum Gasteiger partial charge on any atom is 0.261 e. The van der Waals surface area contributed by atoms with Crippen molar-refractivity contribution in [3.05, 3.63) is 42.6 Å². The van der Waals surface area contributed by atoms with Gasteiger partial charge in [0.25, 0.3) is 5.89 Å². The lowest BCUT2D eigenvalue weighted by atomic mass is 10.1. The summed E-state index contributed by atoms with van der Waals surface area (Å²) in [4.78, 5) is 8.63. The number of hydrogen-bond acceptors (Lipinski definition) is 6. The van der Waals surface area contributed by atoms with Crippen molar-refractivity contribution in [3.8, 4) is 11.5 Å². The van der Waals surface area contributed by atoms with Crippen molar-refractivity contribution in [2.24, 2.45) is 5.92 Å². The third-order valence-corrected chi connectivity index (χ3v) is 3.24. The molecule has 0 aromatic carbocycles. The third kappa shape index (κ3) is 3.30. The van der Waals surface area contributed by atoms with E-state index < -0.39 is 0 Å². The monoisotopic (exact) mass is 298 g/mol. The molecule has 1 N–H and O–H groups in total. The second kappa shape index (κ2) is 6.38.